The van der Waals surface area contributed by atoms with E-state index in [0.717, 1.165) is 19.4 Å². The topological polar surface area (TPSA) is 59.2 Å². The molecule has 1 heterocycles. The monoisotopic (exact) mass is 217 g/mol. The summed E-state index contributed by atoms with van der Waals surface area (Å²) in [4.78, 5) is 24.4. The molecule has 0 spiro atoms. The summed E-state index contributed by atoms with van der Waals surface area (Å²) < 4.78 is 29.2. The molecule has 4 nitrogen and oxygen atoms in total. The van der Waals surface area contributed by atoms with Gasteiger partial charge in [-0.3, -0.25) is 9.59 Å². The Morgan fingerprint density at radius 1 is 1.60 bits per heavy atom. The maximum absolute atomic E-state index is 12.4. The van der Waals surface area contributed by atoms with Crippen LogP contribution < -0.4 is 5.43 Å². The number of rotatable bonds is 3. The first-order chi connectivity index (χ1) is 7.06. The number of ether oxygens (including phenoxy) is 1. The Kier molecular flexibility index (Phi) is 3.54. The van der Waals surface area contributed by atoms with Crippen molar-refractivity contribution in [2.24, 2.45) is 0 Å². The molecular weight excluding hydrogens is 208 g/mol. The van der Waals surface area contributed by atoms with Crippen molar-refractivity contribution in [3.63, 3.8) is 0 Å². The van der Waals surface area contributed by atoms with Crippen molar-refractivity contribution >= 4 is 5.97 Å². The molecule has 0 aliphatic carbocycles. The van der Waals surface area contributed by atoms with Crippen LogP contribution in [-0.2, 0) is 16.0 Å². The van der Waals surface area contributed by atoms with Crippen LogP contribution in [0.2, 0.25) is 0 Å². The van der Waals surface area contributed by atoms with E-state index >= 15 is 0 Å². The third kappa shape index (κ3) is 2.61. The Bertz CT molecular complexity index is 414. The number of methoxy groups -OCH3 is 1. The molecule has 0 aromatic carbocycles. The number of aromatic nitrogens is 1. The van der Waals surface area contributed by atoms with Crippen molar-refractivity contribution in [3.05, 3.63) is 33.7 Å². The van der Waals surface area contributed by atoms with Gasteiger partial charge in [-0.2, -0.15) is 0 Å². The molecule has 15 heavy (non-hydrogen) atoms. The molecule has 0 unspecified atom stereocenters. The Morgan fingerprint density at radius 2 is 2.27 bits per heavy atom. The van der Waals surface area contributed by atoms with Gasteiger partial charge in [-0.25, -0.2) is 8.78 Å². The molecule has 0 fully saturated rings. The van der Waals surface area contributed by atoms with Crippen molar-refractivity contribution in [1.29, 1.82) is 0 Å². The number of H-pyrrole nitrogens is 1. The average Bonchev–Trinajstić information content (AvgIpc) is 2.20. The van der Waals surface area contributed by atoms with Crippen LogP contribution in [0.4, 0.5) is 8.78 Å². The molecular formula is C9H9F2NO3. The minimum absolute atomic E-state index is 0.251. The van der Waals surface area contributed by atoms with Gasteiger partial charge in [0.05, 0.1) is 19.2 Å². The zero-order chi connectivity index (χ0) is 11.4. The lowest BCUT2D eigenvalue weighted by Crippen LogP contribution is -2.18. The molecule has 0 aliphatic rings. The minimum Gasteiger partial charge on any atom is -0.469 e. The summed E-state index contributed by atoms with van der Waals surface area (Å²) in [6, 6.07) is 1.09. The second-order valence-electron chi connectivity index (χ2n) is 2.79. The molecule has 1 N–H and O–H groups in total. The standard InChI is InChI=1S/C9H9F2NO3/c1-15-7(14)4-5-6(13)2-3-12-8(5)9(10)11/h2-3,9H,4H2,1H3,(H,12,13). The summed E-state index contributed by atoms with van der Waals surface area (Å²) in [6.45, 7) is 0. The van der Waals surface area contributed by atoms with Crippen LogP contribution in [0.25, 0.3) is 0 Å². The number of carbonyl (C=O) groups excluding carboxylic acids is 1. The van der Waals surface area contributed by atoms with Gasteiger partial charge in [-0.15, -0.1) is 0 Å². The summed E-state index contributed by atoms with van der Waals surface area (Å²) in [6.07, 6.45) is -2.16. The van der Waals surface area contributed by atoms with Crippen LogP contribution in [-0.4, -0.2) is 18.1 Å². The van der Waals surface area contributed by atoms with E-state index in [1.807, 2.05) is 0 Å². The van der Waals surface area contributed by atoms with Crippen molar-refractivity contribution in [2.75, 3.05) is 7.11 Å². The van der Waals surface area contributed by atoms with E-state index in [0.29, 0.717) is 0 Å². The SMILES string of the molecule is COC(=O)Cc1c(C(F)F)[nH]ccc1=O. The van der Waals surface area contributed by atoms with Crippen molar-refractivity contribution < 1.29 is 18.3 Å². The molecule has 1 aromatic heterocycles. The Hall–Kier alpha value is -1.72. The highest BCUT2D eigenvalue weighted by atomic mass is 19.3. The van der Waals surface area contributed by atoms with E-state index in [-0.39, 0.29) is 5.56 Å². The summed E-state index contributed by atoms with van der Waals surface area (Å²) in [5.74, 6) is -0.728. The van der Waals surface area contributed by atoms with Crippen LogP contribution in [0.3, 0.4) is 0 Å². The second kappa shape index (κ2) is 4.68. The normalized spacial score (nSPS) is 10.4. The number of aromatic amines is 1. The molecule has 0 bridgehead atoms. The largest absolute Gasteiger partial charge is 0.469 e. The van der Waals surface area contributed by atoms with Crippen LogP contribution in [0, 0.1) is 0 Å². The molecule has 1 aromatic rings. The predicted molar refractivity (Wildman–Crippen MR) is 47.7 cm³/mol. The highest BCUT2D eigenvalue weighted by Gasteiger charge is 2.18. The Morgan fingerprint density at radius 3 is 2.80 bits per heavy atom. The molecule has 6 heteroatoms. The van der Waals surface area contributed by atoms with Gasteiger partial charge < -0.3 is 9.72 Å². The van der Waals surface area contributed by atoms with E-state index in [9.17, 15) is 18.4 Å². The Balaban J connectivity index is 3.13. The number of pyridine rings is 1. The van der Waals surface area contributed by atoms with Crippen LogP contribution in [0.5, 0.6) is 0 Å². The van der Waals surface area contributed by atoms with E-state index in [1.165, 1.54) is 0 Å². The summed E-state index contributed by atoms with van der Waals surface area (Å²) in [5.41, 5.74) is -1.39. The molecule has 0 radical (unpaired) electrons. The van der Waals surface area contributed by atoms with E-state index < -0.39 is 29.9 Å². The van der Waals surface area contributed by atoms with Crippen molar-refractivity contribution in [3.8, 4) is 0 Å². The molecule has 0 saturated heterocycles. The number of hydrogen-bond donors (Lipinski definition) is 1. The third-order valence-electron chi connectivity index (χ3n) is 1.86. The minimum atomic E-state index is -2.82. The van der Waals surface area contributed by atoms with Gasteiger partial charge in [0.15, 0.2) is 5.43 Å². The summed E-state index contributed by atoms with van der Waals surface area (Å²) in [7, 11) is 1.13. The van der Waals surface area contributed by atoms with Gasteiger partial charge in [0.1, 0.15) is 0 Å². The van der Waals surface area contributed by atoms with Crippen LogP contribution in [0.1, 0.15) is 17.7 Å². The average molecular weight is 217 g/mol. The lowest BCUT2D eigenvalue weighted by atomic mass is 10.1. The fourth-order valence-corrected chi connectivity index (χ4v) is 1.12. The third-order valence-corrected chi connectivity index (χ3v) is 1.86. The predicted octanol–water partition coefficient (Wildman–Crippen LogP) is 1.03. The fraction of sp³-hybridized carbons (Fsp3) is 0.333. The van der Waals surface area contributed by atoms with Gasteiger partial charge in [0.2, 0.25) is 0 Å². The molecule has 0 aliphatic heterocycles. The Labute approximate surface area is 83.9 Å². The van der Waals surface area contributed by atoms with Gasteiger partial charge in [0.25, 0.3) is 6.43 Å². The summed E-state index contributed by atoms with van der Waals surface area (Å²) in [5, 5.41) is 0. The number of halogens is 2. The molecule has 0 atom stereocenters. The van der Waals surface area contributed by atoms with Crippen molar-refractivity contribution in [2.45, 2.75) is 12.8 Å². The van der Waals surface area contributed by atoms with Crippen LogP contribution >= 0.6 is 0 Å². The van der Waals surface area contributed by atoms with Gasteiger partial charge in [0, 0.05) is 17.8 Å². The van der Waals surface area contributed by atoms with E-state index in [4.69, 9.17) is 0 Å². The van der Waals surface area contributed by atoms with Gasteiger partial charge in [-0.05, 0) is 0 Å². The first-order valence-corrected chi connectivity index (χ1v) is 4.11. The van der Waals surface area contributed by atoms with Crippen LogP contribution in [0.15, 0.2) is 17.1 Å². The maximum atomic E-state index is 12.4. The highest BCUT2D eigenvalue weighted by Crippen LogP contribution is 2.18. The fourth-order valence-electron chi connectivity index (χ4n) is 1.12. The molecule has 82 valence electrons. The number of esters is 1. The smallest absolute Gasteiger partial charge is 0.310 e. The molecule has 1 rings (SSSR count). The lowest BCUT2D eigenvalue weighted by Gasteiger charge is -2.06. The zero-order valence-corrected chi connectivity index (χ0v) is 7.92. The second-order valence-corrected chi connectivity index (χ2v) is 2.79. The van der Waals surface area contributed by atoms with E-state index in [2.05, 4.69) is 9.72 Å². The maximum Gasteiger partial charge on any atom is 0.310 e. The number of hydrogen-bond acceptors (Lipinski definition) is 3. The quantitative estimate of drug-likeness (QED) is 0.769. The first kappa shape index (κ1) is 11.4. The number of alkyl halides is 2. The van der Waals surface area contributed by atoms with Gasteiger partial charge >= 0.3 is 5.97 Å². The number of carbonyl (C=O) groups is 1. The van der Waals surface area contributed by atoms with E-state index in [1.54, 1.807) is 0 Å². The summed E-state index contributed by atoms with van der Waals surface area (Å²) >= 11 is 0. The first-order valence-electron chi connectivity index (χ1n) is 4.11. The molecule has 0 saturated carbocycles. The highest BCUT2D eigenvalue weighted by molar-refractivity contribution is 5.72. The number of nitrogens with one attached hydrogen (secondary N) is 1. The zero-order valence-electron chi connectivity index (χ0n) is 7.92. The lowest BCUT2D eigenvalue weighted by molar-refractivity contribution is -0.139. The molecule has 0 amide bonds. The van der Waals surface area contributed by atoms with Crippen molar-refractivity contribution in [1.82, 2.24) is 4.98 Å². The van der Waals surface area contributed by atoms with Gasteiger partial charge in [-0.1, -0.05) is 0 Å².